The maximum Gasteiger partial charge on any atom is 0.146 e. The minimum Gasteiger partial charge on any atom is -0.382 e. The van der Waals surface area contributed by atoms with Gasteiger partial charge in [0.05, 0.1) is 5.69 Å². The van der Waals surface area contributed by atoms with Gasteiger partial charge in [0, 0.05) is 12.2 Å². The lowest BCUT2D eigenvalue weighted by atomic mass is 9.78. The molecule has 1 heterocycles. The molecule has 0 amide bonds. The summed E-state index contributed by atoms with van der Waals surface area (Å²) in [5, 5.41) is 3.59. The first-order valence-electron chi connectivity index (χ1n) is 6.65. The zero-order valence-corrected chi connectivity index (χ0v) is 10.8. The summed E-state index contributed by atoms with van der Waals surface area (Å²) < 4.78 is 0. The van der Waals surface area contributed by atoms with E-state index in [0.717, 1.165) is 17.5 Å². The van der Waals surface area contributed by atoms with Gasteiger partial charge in [0.25, 0.3) is 0 Å². The molecule has 0 radical (unpaired) electrons. The molecule has 0 aromatic carbocycles. The van der Waals surface area contributed by atoms with Crippen molar-refractivity contribution >= 4 is 11.5 Å². The van der Waals surface area contributed by atoms with Crippen molar-refractivity contribution in [1.29, 1.82) is 0 Å². The highest BCUT2D eigenvalue weighted by Crippen LogP contribution is 2.32. The molecule has 0 saturated heterocycles. The molecule has 3 heteroatoms. The molecule has 0 bridgehead atoms. The average molecular weight is 233 g/mol. The molecule has 2 unspecified atom stereocenters. The molecule has 94 valence electrons. The monoisotopic (exact) mass is 233 g/mol. The molecule has 1 fully saturated rings. The Morgan fingerprint density at radius 2 is 2.12 bits per heavy atom. The SMILES string of the molecule is CC(C)C1CCCCC1Nc1cccnc1N. The minimum absolute atomic E-state index is 0.551. The summed E-state index contributed by atoms with van der Waals surface area (Å²) in [6.45, 7) is 4.63. The molecule has 1 aromatic rings. The molecule has 0 spiro atoms. The summed E-state index contributed by atoms with van der Waals surface area (Å²) in [5.74, 6) is 2.09. The fourth-order valence-electron chi connectivity index (χ4n) is 2.88. The van der Waals surface area contributed by atoms with E-state index in [4.69, 9.17) is 5.73 Å². The Morgan fingerprint density at radius 1 is 1.35 bits per heavy atom. The van der Waals surface area contributed by atoms with Crippen molar-refractivity contribution in [2.45, 2.75) is 45.6 Å². The molecule has 2 rings (SSSR count). The zero-order valence-electron chi connectivity index (χ0n) is 10.8. The van der Waals surface area contributed by atoms with E-state index < -0.39 is 0 Å². The van der Waals surface area contributed by atoms with Crippen molar-refractivity contribution in [1.82, 2.24) is 4.98 Å². The van der Waals surface area contributed by atoms with Crippen molar-refractivity contribution < 1.29 is 0 Å². The topological polar surface area (TPSA) is 50.9 Å². The Hall–Kier alpha value is -1.25. The Kier molecular flexibility index (Phi) is 3.87. The molecule has 3 N–H and O–H groups in total. The van der Waals surface area contributed by atoms with Gasteiger partial charge < -0.3 is 11.1 Å². The number of nitrogens with one attached hydrogen (secondary N) is 1. The van der Waals surface area contributed by atoms with E-state index in [1.807, 2.05) is 12.1 Å². The maximum absolute atomic E-state index is 5.89. The minimum atomic E-state index is 0.551. The molecule has 17 heavy (non-hydrogen) atoms. The van der Waals surface area contributed by atoms with Crippen LogP contribution in [0.25, 0.3) is 0 Å². The number of hydrogen-bond acceptors (Lipinski definition) is 3. The summed E-state index contributed by atoms with van der Waals surface area (Å²) in [5.41, 5.74) is 6.88. The lowest BCUT2D eigenvalue weighted by Gasteiger charge is -2.35. The van der Waals surface area contributed by atoms with Crippen LogP contribution in [0.2, 0.25) is 0 Å². The number of nitrogens with zero attached hydrogens (tertiary/aromatic N) is 1. The van der Waals surface area contributed by atoms with Crippen LogP contribution in [0.3, 0.4) is 0 Å². The first kappa shape index (κ1) is 12.2. The fraction of sp³-hybridized carbons (Fsp3) is 0.643. The van der Waals surface area contributed by atoms with E-state index in [9.17, 15) is 0 Å². The highest BCUT2D eigenvalue weighted by Gasteiger charge is 2.27. The third-order valence-corrected chi connectivity index (χ3v) is 3.86. The van der Waals surface area contributed by atoms with Crippen LogP contribution in [0.15, 0.2) is 18.3 Å². The second-order valence-electron chi connectivity index (χ2n) is 5.38. The van der Waals surface area contributed by atoms with Crippen molar-refractivity contribution in [2.24, 2.45) is 11.8 Å². The molecular weight excluding hydrogens is 210 g/mol. The van der Waals surface area contributed by atoms with Crippen LogP contribution in [0.4, 0.5) is 11.5 Å². The number of nitrogen functional groups attached to an aromatic ring is 1. The predicted molar refractivity (Wildman–Crippen MR) is 72.9 cm³/mol. The highest BCUT2D eigenvalue weighted by atomic mass is 15.0. The molecule has 2 atom stereocenters. The number of anilines is 2. The second-order valence-corrected chi connectivity index (χ2v) is 5.38. The second kappa shape index (κ2) is 5.39. The molecule has 1 aromatic heterocycles. The quantitative estimate of drug-likeness (QED) is 0.842. The lowest BCUT2D eigenvalue weighted by Crippen LogP contribution is -2.35. The maximum atomic E-state index is 5.89. The average Bonchev–Trinajstić information content (AvgIpc) is 2.32. The van der Waals surface area contributed by atoms with Gasteiger partial charge in [0.15, 0.2) is 0 Å². The van der Waals surface area contributed by atoms with Crippen LogP contribution in [-0.2, 0) is 0 Å². The largest absolute Gasteiger partial charge is 0.382 e. The van der Waals surface area contributed by atoms with E-state index in [1.165, 1.54) is 25.7 Å². The van der Waals surface area contributed by atoms with E-state index in [0.29, 0.717) is 11.9 Å². The zero-order chi connectivity index (χ0) is 12.3. The normalized spacial score (nSPS) is 24.9. The first-order valence-corrected chi connectivity index (χ1v) is 6.65. The molecule has 1 aliphatic carbocycles. The number of nitrogens with two attached hydrogens (primary N) is 1. The Balaban J connectivity index is 2.08. The highest BCUT2D eigenvalue weighted by molar-refractivity contribution is 5.61. The Morgan fingerprint density at radius 3 is 2.82 bits per heavy atom. The molecule has 1 aliphatic rings. The molecule has 0 aliphatic heterocycles. The smallest absolute Gasteiger partial charge is 0.146 e. The van der Waals surface area contributed by atoms with Gasteiger partial charge in [-0.05, 0) is 36.8 Å². The van der Waals surface area contributed by atoms with Gasteiger partial charge in [-0.1, -0.05) is 26.7 Å². The van der Waals surface area contributed by atoms with Crippen LogP contribution in [0, 0.1) is 11.8 Å². The predicted octanol–water partition coefficient (Wildman–Crippen LogP) is 3.29. The van der Waals surface area contributed by atoms with E-state index in [1.54, 1.807) is 6.20 Å². The van der Waals surface area contributed by atoms with Gasteiger partial charge in [-0.3, -0.25) is 0 Å². The van der Waals surface area contributed by atoms with E-state index >= 15 is 0 Å². The number of rotatable bonds is 3. The van der Waals surface area contributed by atoms with Gasteiger partial charge in [0.2, 0.25) is 0 Å². The number of hydrogen-bond donors (Lipinski definition) is 2. The van der Waals surface area contributed by atoms with Crippen LogP contribution < -0.4 is 11.1 Å². The lowest BCUT2D eigenvalue weighted by molar-refractivity contribution is 0.254. The summed E-state index contributed by atoms with van der Waals surface area (Å²) in [4.78, 5) is 4.13. The summed E-state index contributed by atoms with van der Waals surface area (Å²) in [7, 11) is 0. The van der Waals surface area contributed by atoms with Crippen LogP contribution in [0.1, 0.15) is 39.5 Å². The third-order valence-electron chi connectivity index (χ3n) is 3.86. The van der Waals surface area contributed by atoms with E-state index in [-0.39, 0.29) is 0 Å². The van der Waals surface area contributed by atoms with E-state index in [2.05, 4.69) is 24.1 Å². The van der Waals surface area contributed by atoms with Crippen molar-refractivity contribution in [2.75, 3.05) is 11.1 Å². The molecule has 1 saturated carbocycles. The Bertz CT molecular complexity index is 362. The van der Waals surface area contributed by atoms with Gasteiger partial charge in [-0.15, -0.1) is 0 Å². The number of aromatic nitrogens is 1. The van der Waals surface area contributed by atoms with Gasteiger partial charge in [-0.2, -0.15) is 0 Å². The molecular formula is C14H23N3. The summed E-state index contributed by atoms with van der Waals surface area (Å²) in [6.07, 6.45) is 7.00. The van der Waals surface area contributed by atoms with Crippen molar-refractivity contribution in [3.05, 3.63) is 18.3 Å². The first-order chi connectivity index (χ1) is 8.18. The summed E-state index contributed by atoms with van der Waals surface area (Å²) in [6, 6.07) is 4.51. The van der Waals surface area contributed by atoms with Crippen LogP contribution >= 0.6 is 0 Å². The summed E-state index contributed by atoms with van der Waals surface area (Å²) >= 11 is 0. The Labute approximate surface area is 104 Å². The van der Waals surface area contributed by atoms with Gasteiger partial charge in [-0.25, -0.2) is 4.98 Å². The van der Waals surface area contributed by atoms with Crippen LogP contribution in [0.5, 0.6) is 0 Å². The van der Waals surface area contributed by atoms with Gasteiger partial charge in [0.1, 0.15) is 5.82 Å². The van der Waals surface area contributed by atoms with Crippen molar-refractivity contribution in [3.63, 3.8) is 0 Å². The van der Waals surface area contributed by atoms with Gasteiger partial charge >= 0.3 is 0 Å². The standard InChI is InChI=1S/C14H23N3/c1-10(2)11-6-3-4-7-12(11)17-13-8-5-9-16-14(13)15/h5,8-12,17H,3-4,6-7H2,1-2H3,(H2,15,16). The fourth-order valence-corrected chi connectivity index (χ4v) is 2.88. The third kappa shape index (κ3) is 2.90. The molecule has 3 nitrogen and oxygen atoms in total. The number of pyridine rings is 1. The van der Waals surface area contributed by atoms with Crippen molar-refractivity contribution in [3.8, 4) is 0 Å². The van der Waals surface area contributed by atoms with Crippen LogP contribution in [-0.4, -0.2) is 11.0 Å².